The molecule has 3 nitrogen and oxygen atoms in total. The number of nitrogens with zero attached hydrogens (tertiary/aromatic N) is 2. The molecule has 0 saturated carbocycles. The fourth-order valence-corrected chi connectivity index (χ4v) is 2.32. The lowest BCUT2D eigenvalue weighted by molar-refractivity contribution is 0.701. The Bertz CT molecular complexity index is 564. The summed E-state index contributed by atoms with van der Waals surface area (Å²) >= 11 is 0. The van der Waals surface area contributed by atoms with Gasteiger partial charge in [0.15, 0.2) is 0 Å². The zero-order valence-electron chi connectivity index (χ0n) is 13.4. The predicted molar refractivity (Wildman–Crippen MR) is 88.8 cm³/mol. The van der Waals surface area contributed by atoms with Crippen molar-refractivity contribution in [2.24, 2.45) is 0 Å². The lowest BCUT2D eigenvalue weighted by Gasteiger charge is -2.13. The monoisotopic (exact) mass is 283 g/mol. The molecule has 0 amide bonds. The van der Waals surface area contributed by atoms with Crippen molar-refractivity contribution in [1.82, 2.24) is 9.97 Å². The van der Waals surface area contributed by atoms with Crippen LogP contribution in [0.15, 0.2) is 36.4 Å². The van der Waals surface area contributed by atoms with E-state index >= 15 is 0 Å². The molecule has 2 aromatic rings. The minimum Gasteiger partial charge on any atom is -0.354 e. The highest BCUT2D eigenvalue weighted by atomic mass is 15.1. The van der Waals surface area contributed by atoms with Gasteiger partial charge in [-0.05, 0) is 36.8 Å². The van der Waals surface area contributed by atoms with E-state index in [1.165, 1.54) is 5.56 Å². The maximum atomic E-state index is 4.58. The maximum absolute atomic E-state index is 4.58. The quantitative estimate of drug-likeness (QED) is 0.847. The summed E-state index contributed by atoms with van der Waals surface area (Å²) in [6, 6.07) is 12.7. The number of benzene rings is 1. The second kappa shape index (κ2) is 7.21. The molecule has 1 heterocycles. The van der Waals surface area contributed by atoms with Gasteiger partial charge in [0.1, 0.15) is 0 Å². The van der Waals surface area contributed by atoms with Crippen molar-refractivity contribution < 1.29 is 0 Å². The number of aryl methyl sites for hydroxylation is 1. The highest BCUT2D eigenvalue weighted by molar-refractivity contribution is 5.29. The third-order valence-corrected chi connectivity index (χ3v) is 3.69. The second-order valence-corrected chi connectivity index (χ2v) is 5.94. The van der Waals surface area contributed by atoms with Crippen LogP contribution in [0.5, 0.6) is 0 Å². The number of rotatable bonds is 6. The van der Waals surface area contributed by atoms with E-state index in [1.807, 2.05) is 6.92 Å². The van der Waals surface area contributed by atoms with Gasteiger partial charge in [-0.2, -0.15) is 0 Å². The van der Waals surface area contributed by atoms with Crippen LogP contribution in [0, 0.1) is 6.92 Å². The van der Waals surface area contributed by atoms with E-state index in [-0.39, 0.29) is 0 Å². The number of hydrogen-bond acceptors (Lipinski definition) is 3. The summed E-state index contributed by atoms with van der Waals surface area (Å²) in [5.74, 6) is 1.71. The Balaban J connectivity index is 1.91. The second-order valence-electron chi connectivity index (χ2n) is 5.94. The van der Waals surface area contributed by atoms with Gasteiger partial charge in [-0.3, -0.25) is 0 Å². The van der Waals surface area contributed by atoms with Gasteiger partial charge >= 0.3 is 0 Å². The van der Waals surface area contributed by atoms with Gasteiger partial charge in [-0.1, -0.05) is 51.1 Å². The van der Waals surface area contributed by atoms with E-state index in [2.05, 4.69) is 72.5 Å². The molecule has 1 atom stereocenters. The zero-order valence-corrected chi connectivity index (χ0v) is 13.4. The topological polar surface area (TPSA) is 37.8 Å². The molecule has 0 radical (unpaired) electrons. The predicted octanol–water partition coefficient (Wildman–Crippen LogP) is 4.51. The Labute approximate surface area is 127 Å². The van der Waals surface area contributed by atoms with E-state index in [1.54, 1.807) is 0 Å². The zero-order chi connectivity index (χ0) is 15.2. The molecule has 0 bridgehead atoms. The Morgan fingerprint density at radius 3 is 2.43 bits per heavy atom. The lowest BCUT2D eigenvalue weighted by Crippen LogP contribution is -2.10. The summed E-state index contributed by atoms with van der Waals surface area (Å²) in [6.07, 6.45) is 1.07. The van der Waals surface area contributed by atoms with Gasteiger partial charge in [0.05, 0.1) is 0 Å². The Morgan fingerprint density at radius 1 is 1.05 bits per heavy atom. The van der Waals surface area contributed by atoms with Gasteiger partial charge in [-0.15, -0.1) is 0 Å². The average Bonchev–Trinajstić information content (AvgIpc) is 2.47. The van der Waals surface area contributed by atoms with Crippen molar-refractivity contribution >= 4 is 5.95 Å². The Morgan fingerprint density at radius 2 is 1.76 bits per heavy atom. The van der Waals surface area contributed by atoms with E-state index in [0.29, 0.717) is 11.8 Å². The molecule has 1 aromatic heterocycles. The molecule has 112 valence electrons. The first-order valence-corrected chi connectivity index (χ1v) is 7.70. The Hall–Kier alpha value is -1.90. The number of aromatic nitrogens is 2. The smallest absolute Gasteiger partial charge is 0.223 e. The van der Waals surface area contributed by atoms with Crippen LogP contribution >= 0.6 is 0 Å². The van der Waals surface area contributed by atoms with Crippen molar-refractivity contribution in [2.75, 3.05) is 11.9 Å². The number of anilines is 1. The minimum absolute atomic E-state index is 0.426. The largest absolute Gasteiger partial charge is 0.354 e. The van der Waals surface area contributed by atoms with Crippen molar-refractivity contribution in [2.45, 2.75) is 46.0 Å². The van der Waals surface area contributed by atoms with Crippen molar-refractivity contribution in [1.29, 1.82) is 0 Å². The van der Waals surface area contributed by atoms with Gasteiger partial charge in [0.25, 0.3) is 0 Å². The standard InChI is InChI=1S/C18H25N3/c1-13(2)17-12-15(4)20-18(21-17)19-11-10-14(3)16-8-6-5-7-9-16/h5-9,12-14H,10-11H2,1-4H3,(H,19,20,21). The van der Waals surface area contributed by atoms with Crippen LogP contribution in [0.4, 0.5) is 5.95 Å². The fourth-order valence-electron chi connectivity index (χ4n) is 2.32. The molecule has 0 aliphatic rings. The van der Waals surface area contributed by atoms with E-state index < -0.39 is 0 Å². The minimum atomic E-state index is 0.426. The van der Waals surface area contributed by atoms with E-state index in [4.69, 9.17) is 0 Å². The van der Waals surface area contributed by atoms with Crippen molar-refractivity contribution in [3.05, 3.63) is 53.3 Å². The molecule has 3 heteroatoms. The molecule has 2 rings (SSSR count). The fraction of sp³-hybridized carbons (Fsp3) is 0.444. The van der Waals surface area contributed by atoms with Gasteiger partial charge in [-0.25, -0.2) is 9.97 Å². The summed E-state index contributed by atoms with van der Waals surface area (Å²) in [5, 5.41) is 3.36. The number of hydrogen-bond donors (Lipinski definition) is 1. The van der Waals surface area contributed by atoms with Crippen LogP contribution < -0.4 is 5.32 Å². The molecular formula is C18H25N3. The molecule has 0 spiro atoms. The maximum Gasteiger partial charge on any atom is 0.223 e. The first kappa shape index (κ1) is 15.5. The van der Waals surface area contributed by atoms with Crippen LogP contribution in [0.2, 0.25) is 0 Å². The lowest BCUT2D eigenvalue weighted by atomic mass is 9.98. The third kappa shape index (κ3) is 4.55. The Kier molecular flexibility index (Phi) is 5.32. The van der Waals surface area contributed by atoms with Crippen LogP contribution in [-0.2, 0) is 0 Å². The van der Waals surface area contributed by atoms with Crippen LogP contribution in [0.25, 0.3) is 0 Å². The molecule has 0 fully saturated rings. The van der Waals surface area contributed by atoms with Crippen LogP contribution in [-0.4, -0.2) is 16.5 Å². The molecule has 1 N–H and O–H groups in total. The normalized spacial score (nSPS) is 12.4. The van der Waals surface area contributed by atoms with Crippen molar-refractivity contribution in [3.8, 4) is 0 Å². The molecule has 0 aliphatic heterocycles. The van der Waals surface area contributed by atoms with Crippen LogP contribution in [0.3, 0.4) is 0 Å². The van der Waals surface area contributed by atoms with Crippen molar-refractivity contribution in [3.63, 3.8) is 0 Å². The molecule has 21 heavy (non-hydrogen) atoms. The molecule has 0 saturated heterocycles. The van der Waals surface area contributed by atoms with E-state index in [9.17, 15) is 0 Å². The SMILES string of the molecule is Cc1cc(C(C)C)nc(NCCC(C)c2ccccc2)n1. The molecular weight excluding hydrogens is 258 g/mol. The first-order chi connectivity index (χ1) is 10.1. The summed E-state index contributed by atoms with van der Waals surface area (Å²) in [6.45, 7) is 9.47. The highest BCUT2D eigenvalue weighted by Gasteiger charge is 2.07. The molecule has 1 aromatic carbocycles. The van der Waals surface area contributed by atoms with Crippen LogP contribution in [0.1, 0.15) is 56.0 Å². The summed E-state index contributed by atoms with van der Waals surface area (Å²) in [4.78, 5) is 9.04. The molecule has 1 unspecified atom stereocenters. The van der Waals surface area contributed by atoms with Gasteiger partial charge < -0.3 is 5.32 Å². The first-order valence-electron chi connectivity index (χ1n) is 7.70. The highest BCUT2D eigenvalue weighted by Crippen LogP contribution is 2.19. The summed E-state index contributed by atoms with van der Waals surface area (Å²) < 4.78 is 0. The van der Waals surface area contributed by atoms with E-state index in [0.717, 1.165) is 30.3 Å². The summed E-state index contributed by atoms with van der Waals surface area (Å²) in [7, 11) is 0. The summed E-state index contributed by atoms with van der Waals surface area (Å²) in [5.41, 5.74) is 3.50. The van der Waals surface area contributed by atoms with Gasteiger partial charge in [0, 0.05) is 17.9 Å². The molecule has 0 aliphatic carbocycles. The average molecular weight is 283 g/mol. The third-order valence-electron chi connectivity index (χ3n) is 3.69. The number of nitrogens with one attached hydrogen (secondary N) is 1. The van der Waals surface area contributed by atoms with Gasteiger partial charge in [0.2, 0.25) is 5.95 Å².